The molecule has 0 saturated carbocycles. The van der Waals surface area contributed by atoms with Crippen LogP contribution in [0.4, 0.5) is 0 Å². The monoisotopic (exact) mass is 345 g/mol. The van der Waals surface area contributed by atoms with Gasteiger partial charge in [0.15, 0.2) is 0 Å². The van der Waals surface area contributed by atoms with Gasteiger partial charge in [-0.2, -0.15) is 0 Å². The smallest absolute Gasteiger partial charge is 0.305 e. The van der Waals surface area contributed by atoms with Crippen molar-refractivity contribution in [3.8, 4) is 0 Å². The Morgan fingerprint density at radius 2 is 2.10 bits per heavy atom. The maximum absolute atomic E-state index is 12.5. The van der Waals surface area contributed by atoms with E-state index in [1.807, 2.05) is 0 Å². The molecule has 110 valence electrons. The highest BCUT2D eigenvalue weighted by Crippen LogP contribution is 2.23. The third kappa shape index (κ3) is 3.61. The summed E-state index contributed by atoms with van der Waals surface area (Å²) in [6.07, 6.45) is 2.77. The van der Waals surface area contributed by atoms with Crippen LogP contribution in [0.5, 0.6) is 0 Å². The molecule has 0 unspecified atom stereocenters. The second-order valence-electron chi connectivity index (χ2n) is 4.58. The van der Waals surface area contributed by atoms with Crippen molar-refractivity contribution < 1.29 is 23.8 Å². The van der Waals surface area contributed by atoms with Gasteiger partial charge in [0, 0.05) is 25.8 Å². The number of hydrogen-bond acceptors (Lipinski definition) is 4. The molecule has 7 heteroatoms. The molecule has 0 bridgehead atoms. The summed E-state index contributed by atoms with van der Waals surface area (Å²) < 4.78 is 11.0. The largest absolute Gasteiger partial charge is 0.481 e. The van der Waals surface area contributed by atoms with Gasteiger partial charge in [-0.15, -0.1) is 0 Å². The minimum absolute atomic E-state index is 0.00685. The molecular weight excluding hydrogens is 330 g/mol. The second kappa shape index (κ2) is 6.90. The maximum atomic E-state index is 12.5. The number of carboxylic acids is 1. The van der Waals surface area contributed by atoms with Crippen molar-refractivity contribution in [2.24, 2.45) is 0 Å². The van der Waals surface area contributed by atoms with Gasteiger partial charge >= 0.3 is 5.97 Å². The summed E-state index contributed by atoms with van der Waals surface area (Å²) in [6, 6.07) is 1.64. The number of carbonyl (C=O) groups is 2. The molecule has 2 heterocycles. The van der Waals surface area contributed by atoms with E-state index in [9.17, 15) is 9.59 Å². The average molecular weight is 346 g/mol. The first-order chi connectivity index (χ1) is 9.59. The fourth-order valence-electron chi connectivity index (χ4n) is 2.24. The van der Waals surface area contributed by atoms with Gasteiger partial charge in [-0.1, -0.05) is 0 Å². The Bertz CT molecular complexity index is 481. The third-order valence-electron chi connectivity index (χ3n) is 3.27. The van der Waals surface area contributed by atoms with Crippen molar-refractivity contribution in [2.75, 3.05) is 19.8 Å². The molecule has 20 heavy (non-hydrogen) atoms. The number of aliphatic carboxylic acids is 1. The maximum Gasteiger partial charge on any atom is 0.305 e. The zero-order valence-corrected chi connectivity index (χ0v) is 12.5. The SMILES string of the molecule is O=C(O)CCN(C(=O)c1occc1Br)C1CCOCC1. The molecule has 0 atom stereocenters. The summed E-state index contributed by atoms with van der Waals surface area (Å²) in [5.74, 6) is -0.995. The topological polar surface area (TPSA) is 80.0 Å². The molecule has 1 saturated heterocycles. The van der Waals surface area contributed by atoms with Gasteiger partial charge in [-0.25, -0.2) is 0 Å². The molecule has 1 aliphatic heterocycles. The van der Waals surface area contributed by atoms with E-state index >= 15 is 0 Å². The van der Waals surface area contributed by atoms with E-state index in [4.69, 9.17) is 14.3 Å². The number of carboxylic acid groups (broad SMARTS) is 1. The molecular formula is C13H16BrNO5. The standard InChI is InChI=1S/C13H16BrNO5/c14-10-4-8-20-12(10)13(18)15(5-1-11(16)17)9-2-6-19-7-3-9/h4,8-9H,1-3,5-7H2,(H,16,17). The Kier molecular flexibility index (Phi) is 5.19. The Hall–Kier alpha value is -1.34. The van der Waals surface area contributed by atoms with E-state index in [0.29, 0.717) is 30.5 Å². The van der Waals surface area contributed by atoms with E-state index < -0.39 is 5.97 Å². The van der Waals surface area contributed by atoms with Crippen LogP contribution in [0.3, 0.4) is 0 Å². The Labute approximate surface area is 124 Å². The first-order valence-corrected chi connectivity index (χ1v) is 7.22. The molecule has 1 fully saturated rings. The fourth-order valence-corrected chi connectivity index (χ4v) is 2.61. The number of rotatable bonds is 5. The summed E-state index contributed by atoms with van der Waals surface area (Å²) in [5, 5.41) is 8.83. The molecule has 1 aromatic rings. The predicted molar refractivity (Wildman–Crippen MR) is 73.5 cm³/mol. The van der Waals surface area contributed by atoms with Gasteiger partial charge in [0.25, 0.3) is 5.91 Å². The molecule has 0 aliphatic carbocycles. The molecule has 0 spiro atoms. The van der Waals surface area contributed by atoms with Gasteiger partial charge in [-0.05, 0) is 34.8 Å². The van der Waals surface area contributed by atoms with E-state index in [2.05, 4.69) is 15.9 Å². The molecule has 1 aromatic heterocycles. The van der Waals surface area contributed by atoms with Gasteiger partial charge in [0.1, 0.15) is 0 Å². The third-order valence-corrected chi connectivity index (χ3v) is 3.89. The predicted octanol–water partition coefficient (Wildman–Crippen LogP) is 2.14. The molecule has 1 amide bonds. The highest BCUT2D eigenvalue weighted by atomic mass is 79.9. The number of hydrogen-bond donors (Lipinski definition) is 1. The Morgan fingerprint density at radius 1 is 1.40 bits per heavy atom. The van der Waals surface area contributed by atoms with E-state index in [1.165, 1.54) is 6.26 Å². The Morgan fingerprint density at radius 3 is 2.65 bits per heavy atom. The van der Waals surface area contributed by atoms with Crippen LogP contribution in [0, 0.1) is 0 Å². The Balaban J connectivity index is 2.14. The minimum atomic E-state index is -0.923. The van der Waals surface area contributed by atoms with Crippen LogP contribution in [0.2, 0.25) is 0 Å². The van der Waals surface area contributed by atoms with Crippen molar-refractivity contribution in [3.05, 3.63) is 22.6 Å². The van der Waals surface area contributed by atoms with Gasteiger partial charge in [-0.3, -0.25) is 9.59 Å². The van der Waals surface area contributed by atoms with Crippen LogP contribution in [-0.2, 0) is 9.53 Å². The van der Waals surface area contributed by atoms with Gasteiger partial charge < -0.3 is 19.2 Å². The second-order valence-corrected chi connectivity index (χ2v) is 5.44. The molecule has 0 radical (unpaired) electrons. The highest BCUT2D eigenvalue weighted by molar-refractivity contribution is 9.10. The number of halogens is 1. The minimum Gasteiger partial charge on any atom is -0.481 e. The number of furan rings is 1. The summed E-state index contributed by atoms with van der Waals surface area (Å²) in [6.45, 7) is 1.34. The van der Waals surface area contributed by atoms with Crippen LogP contribution in [0.1, 0.15) is 29.8 Å². The molecule has 6 nitrogen and oxygen atoms in total. The average Bonchev–Trinajstić information content (AvgIpc) is 2.86. The lowest BCUT2D eigenvalue weighted by Gasteiger charge is -2.33. The number of ether oxygens (including phenoxy) is 1. The quantitative estimate of drug-likeness (QED) is 0.884. The lowest BCUT2D eigenvalue weighted by molar-refractivity contribution is -0.137. The zero-order valence-electron chi connectivity index (χ0n) is 10.9. The van der Waals surface area contributed by atoms with Crippen LogP contribution in [0.15, 0.2) is 21.2 Å². The lowest BCUT2D eigenvalue weighted by atomic mass is 10.1. The fraction of sp³-hybridized carbons (Fsp3) is 0.538. The van der Waals surface area contributed by atoms with E-state index in [1.54, 1.807) is 11.0 Å². The van der Waals surface area contributed by atoms with Crippen LogP contribution in [0.25, 0.3) is 0 Å². The van der Waals surface area contributed by atoms with Crippen LogP contribution >= 0.6 is 15.9 Å². The first kappa shape index (κ1) is 15.1. The number of nitrogens with zero attached hydrogens (tertiary/aromatic N) is 1. The van der Waals surface area contributed by atoms with E-state index in [0.717, 1.165) is 0 Å². The zero-order chi connectivity index (χ0) is 14.5. The normalized spacial score (nSPS) is 16.1. The summed E-state index contributed by atoms with van der Waals surface area (Å²) in [4.78, 5) is 24.9. The van der Waals surface area contributed by atoms with Crippen molar-refractivity contribution >= 4 is 27.8 Å². The van der Waals surface area contributed by atoms with Gasteiger partial charge in [0.2, 0.25) is 5.76 Å². The summed E-state index contributed by atoms with van der Waals surface area (Å²) in [5.41, 5.74) is 0. The number of carbonyl (C=O) groups excluding carboxylic acids is 1. The van der Waals surface area contributed by atoms with Crippen molar-refractivity contribution in [1.82, 2.24) is 4.90 Å². The van der Waals surface area contributed by atoms with Crippen LogP contribution in [-0.4, -0.2) is 47.7 Å². The lowest BCUT2D eigenvalue weighted by Crippen LogP contribution is -2.44. The molecule has 1 aliphatic rings. The van der Waals surface area contributed by atoms with Crippen molar-refractivity contribution in [3.63, 3.8) is 0 Å². The van der Waals surface area contributed by atoms with E-state index in [-0.39, 0.29) is 30.7 Å². The summed E-state index contributed by atoms with van der Waals surface area (Å²) in [7, 11) is 0. The van der Waals surface area contributed by atoms with Crippen molar-refractivity contribution in [1.29, 1.82) is 0 Å². The first-order valence-electron chi connectivity index (χ1n) is 6.43. The number of amides is 1. The summed E-state index contributed by atoms with van der Waals surface area (Å²) >= 11 is 3.26. The van der Waals surface area contributed by atoms with Gasteiger partial charge in [0.05, 0.1) is 17.2 Å². The molecule has 0 aromatic carbocycles. The highest BCUT2D eigenvalue weighted by Gasteiger charge is 2.29. The van der Waals surface area contributed by atoms with Crippen molar-refractivity contribution in [2.45, 2.75) is 25.3 Å². The molecule has 1 N–H and O–H groups in total. The molecule has 2 rings (SSSR count). The van der Waals surface area contributed by atoms with Crippen LogP contribution < -0.4 is 0 Å².